The van der Waals surface area contributed by atoms with Gasteiger partial charge in [0.05, 0.1) is 5.39 Å². The molecule has 19 heavy (non-hydrogen) atoms. The minimum atomic E-state index is 0.139. The van der Waals surface area contributed by atoms with Crippen LogP contribution in [0.4, 0.5) is 0 Å². The van der Waals surface area contributed by atoms with Gasteiger partial charge in [-0.25, -0.2) is 0 Å². The zero-order valence-corrected chi connectivity index (χ0v) is 11.0. The van der Waals surface area contributed by atoms with Crippen LogP contribution in [0.3, 0.4) is 0 Å². The molecule has 0 amide bonds. The molecule has 0 unspecified atom stereocenters. The fraction of sp³-hybridized carbons (Fsp3) is 0.0833. The van der Waals surface area contributed by atoms with Crippen molar-refractivity contribution >= 4 is 34.1 Å². The van der Waals surface area contributed by atoms with Crippen LogP contribution in [-0.2, 0) is 6.61 Å². The van der Waals surface area contributed by atoms with Crippen molar-refractivity contribution in [1.82, 2.24) is 9.59 Å². The van der Waals surface area contributed by atoms with Crippen molar-refractivity contribution in [2.75, 3.05) is 0 Å². The minimum absolute atomic E-state index is 0.139. The van der Waals surface area contributed by atoms with Crippen LogP contribution < -0.4 is 4.74 Å². The zero-order chi connectivity index (χ0) is 13.2. The first-order valence-corrected chi connectivity index (χ1v) is 6.46. The third-order valence-corrected chi connectivity index (χ3v) is 3.50. The molecule has 0 bridgehead atoms. The van der Waals surface area contributed by atoms with E-state index in [9.17, 15) is 0 Å². The summed E-state index contributed by atoms with van der Waals surface area (Å²) >= 11 is 6.99. The highest BCUT2D eigenvalue weighted by atomic mass is 35.5. The second-order valence-electron chi connectivity index (χ2n) is 3.65. The van der Waals surface area contributed by atoms with Crippen LogP contribution in [0, 0.1) is 11.3 Å². The smallest absolute Gasteiger partial charge is 0.246 e. The molecule has 0 atom stereocenters. The predicted molar refractivity (Wildman–Crippen MR) is 70.2 cm³/mol. The highest BCUT2D eigenvalue weighted by Gasteiger charge is 2.16. The van der Waals surface area contributed by atoms with Crippen LogP contribution in [0.2, 0.25) is 4.34 Å². The number of ether oxygens (including phenoxy) is 1. The molecule has 0 saturated carbocycles. The van der Waals surface area contributed by atoms with Crippen molar-refractivity contribution in [3.05, 3.63) is 40.1 Å². The predicted octanol–water partition coefficient (Wildman–Crippen LogP) is 3.39. The van der Waals surface area contributed by atoms with E-state index in [1.165, 1.54) is 0 Å². The molecule has 0 aliphatic heterocycles. The second-order valence-corrected chi connectivity index (χ2v) is 5.01. The average molecular weight is 292 g/mol. The van der Waals surface area contributed by atoms with Crippen molar-refractivity contribution in [1.29, 1.82) is 5.26 Å². The molecule has 3 aromatic rings. The quantitative estimate of drug-likeness (QED) is 0.739. The van der Waals surface area contributed by atoms with E-state index in [1.54, 1.807) is 6.07 Å². The molecule has 0 aliphatic rings. The Hall–Kier alpha value is -2.10. The number of nitrogens with zero attached hydrogens (tertiary/aromatic N) is 3. The van der Waals surface area contributed by atoms with E-state index in [0.717, 1.165) is 16.9 Å². The van der Waals surface area contributed by atoms with Gasteiger partial charge < -0.3 is 9.15 Å². The fourth-order valence-electron chi connectivity index (χ4n) is 1.66. The van der Waals surface area contributed by atoms with Gasteiger partial charge in [0, 0.05) is 11.5 Å². The van der Waals surface area contributed by atoms with Crippen LogP contribution in [0.25, 0.3) is 11.0 Å². The Morgan fingerprint density at radius 1 is 1.42 bits per heavy atom. The van der Waals surface area contributed by atoms with Crippen LogP contribution in [-0.4, -0.2) is 9.59 Å². The summed E-state index contributed by atoms with van der Waals surface area (Å²) in [5.41, 5.74) is 1.15. The molecule has 0 saturated heterocycles. The molecular formula is C12H6ClN3O2S. The topological polar surface area (TPSA) is 71.9 Å². The number of fused-ring (bicyclic) bond motifs is 1. The molecule has 3 rings (SSSR count). The number of hydrogen-bond acceptors (Lipinski definition) is 6. The normalized spacial score (nSPS) is 10.5. The van der Waals surface area contributed by atoms with Gasteiger partial charge in [-0.3, -0.25) is 0 Å². The average Bonchev–Trinajstić information content (AvgIpc) is 2.99. The van der Waals surface area contributed by atoms with Gasteiger partial charge in [-0.15, -0.1) is 5.10 Å². The molecule has 94 valence electrons. The third-order valence-electron chi connectivity index (χ3n) is 2.51. The summed E-state index contributed by atoms with van der Waals surface area (Å²) in [6.45, 7) is 0.146. The van der Waals surface area contributed by atoms with Crippen molar-refractivity contribution in [2.45, 2.75) is 6.61 Å². The molecule has 2 aromatic heterocycles. The summed E-state index contributed by atoms with van der Waals surface area (Å²) in [6.07, 6.45) is 0. The maximum atomic E-state index is 9.06. The number of benzene rings is 1. The lowest BCUT2D eigenvalue weighted by Gasteiger charge is -2.01. The summed E-state index contributed by atoms with van der Waals surface area (Å²) in [5, 5.41) is 13.7. The number of para-hydroxylation sites is 1. The molecule has 0 N–H and O–H groups in total. The Balaban J connectivity index is 1.96. The van der Waals surface area contributed by atoms with E-state index < -0.39 is 0 Å². The Kier molecular flexibility index (Phi) is 3.07. The SMILES string of the molecule is N#Cc1oc2ccccc2c1OCc1nnsc1Cl. The molecule has 7 heteroatoms. The lowest BCUT2D eigenvalue weighted by atomic mass is 10.2. The van der Waals surface area contributed by atoms with Crippen LogP contribution >= 0.6 is 23.1 Å². The summed E-state index contributed by atoms with van der Waals surface area (Å²) in [6, 6.07) is 9.26. The van der Waals surface area contributed by atoms with E-state index in [1.807, 2.05) is 24.3 Å². The summed E-state index contributed by atoms with van der Waals surface area (Å²) < 4.78 is 15.2. The van der Waals surface area contributed by atoms with Crippen LogP contribution in [0.15, 0.2) is 28.7 Å². The Morgan fingerprint density at radius 3 is 3.00 bits per heavy atom. The van der Waals surface area contributed by atoms with Gasteiger partial charge in [0.15, 0.2) is 5.75 Å². The molecule has 2 heterocycles. The zero-order valence-electron chi connectivity index (χ0n) is 9.46. The lowest BCUT2D eigenvalue weighted by Crippen LogP contribution is -1.97. The van der Waals surface area contributed by atoms with Crippen molar-refractivity contribution in [2.24, 2.45) is 0 Å². The monoisotopic (exact) mass is 291 g/mol. The first-order chi connectivity index (χ1) is 9.29. The van der Waals surface area contributed by atoms with E-state index in [0.29, 0.717) is 21.4 Å². The number of halogens is 1. The summed E-state index contributed by atoms with van der Waals surface area (Å²) in [4.78, 5) is 0. The molecule has 0 fully saturated rings. The largest absolute Gasteiger partial charge is 0.482 e. The van der Waals surface area contributed by atoms with Gasteiger partial charge in [-0.1, -0.05) is 28.2 Å². The molecule has 1 aromatic carbocycles. The molecule has 5 nitrogen and oxygen atoms in total. The fourth-order valence-corrected chi connectivity index (χ4v) is 2.26. The highest BCUT2D eigenvalue weighted by Crippen LogP contribution is 2.33. The summed E-state index contributed by atoms with van der Waals surface area (Å²) in [7, 11) is 0. The number of hydrogen-bond donors (Lipinski definition) is 0. The van der Waals surface area contributed by atoms with Gasteiger partial charge in [0.25, 0.3) is 0 Å². The Labute approximate surface area is 117 Å². The Bertz CT molecular complexity index is 775. The van der Waals surface area contributed by atoms with Gasteiger partial charge in [-0.2, -0.15) is 5.26 Å². The Morgan fingerprint density at radius 2 is 2.26 bits per heavy atom. The first kappa shape index (κ1) is 12.0. The first-order valence-electron chi connectivity index (χ1n) is 5.30. The van der Waals surface area contributed by atoms with Crippen molar-refractivity contribution in [3.63, 3.8) is 0 Å². The van der Waals surface area contributed by atoms with Gasteiger partial charge in [0.1, 0.15) is 28.3 Å². The second kappa shape index (κ2) is 4.88. The van der Waals surface area contributed by atoms with E-state index in [-0.39, 0.29) is 12.4 Å². The minimum Gasteiger partial charge on any atom is -0.482 e. The highest BCUT2D eigenvalue weighted by molar-refractivity contribution is 7.10. The van der Waals surface area contributed by atoms with E-state index in [2.05, 4.69) is 9.59 Å². The molecule has 0 radical (unpaired) electrons. The maximum Gasteiger partial charge on any atom is 0.246 e. The summed E-state index contributed by atoms with van der Waals surface area (Å²) in [5.74, 6) is 0.544. The van der Waals surface area contributed by atoms with Gasteiger partial charge in [0.2, 0.25) is 5.76 Å². The number of nitriles is 1. The van der Waals surface area contributed by atoms with Gasteiger partial charge in [-0.05, 0) is 12.1 Å². The van der Waals surface area contributed by atoms with E-state index in [4.69, 9.17) is 26.0 Å². The number of aromatic nitrogens is 2. The van der Waals surface area contributed by atoms with Crippen LogP contribution in [0.1, 0.15) is 11.5 Å². The van der Waals surface area contributed by atoms with Crippen molar-refractivity contribution < 1.29 is 9.15 Å². The third kappa shape index (κ3) is 2.14. The maximum absolute atomic E-state index is 9.06. The number of rotatable bonds is 3. The standard InChI is InChI=1S/C12H6ClN3O2S/c13-12-8(15-16-19-12)6-17-11-7-3-1-2-4-9(7)18-10(11)5-14/h1-4H,6H2. The molecule has 0 spiro atoms. The molecule has 0 aliphatic carbocycles. The van der Waals surface area contributed by atoms with Crippen molar-refractivity contribution in [3.8, 4) is 11.8 Å². The van der Waals surface area contributed by atoms with Gasteiger partial charge >= 0.3 is 0 Å². The number of furan rings is 1. The van der Waals surface area contributed by atoms with E-state index >= 15 is 0 Å². The lowest BCUT2D eigenvalue weighted by molar-refractivity contribution is 0.299. The molecular weight excluding hydrogens is 286 g/mol. The van der Waals surface area contributed by atoms with Crippen LogP contribution in [0.5, 0.6) is 5.75 Å².